The maximum Gasteiger partial charge on any atom is 0.338 e. The Morgan fingerprint density at radius 3 is 2.53 bits per heavy atom. The number of esters is 1. The molecule has 0 spiro atoms. The fourth-order valence-electron chi connectivity index (χ4n) is 1.06. The van der Waals surface area contributed by atoms with E-state index in [1.807, 2.05) is 0 Å². The van der Waals surface area contributed by atoms with Crippen LogP contribution in [0.25, 0.3) is 0 Å². The summed E-state index contributed by atoms with van der Waals surface area (Å²) in [7, 11) is 1.18. The molecule has 0 amide bonds. The molecule has 1 rings (SSSR count). The van der Waals surface area contributed by atoms with E-state index in [4.69, 9.17) is 0 Å². The summed E-state index contributed by atoms with van der Waals surface area (Å²) in [6.45, 7) is 0. The Balaban J connectivity index is 3.45. The molecule has 0 aromatic heterocycles. The fraction of sp³-hybridized carbons (Fsp3) is 0.222. The van der Waals surface area contributed by atoms with Crippen molar-refractivity contribution in [3.63, 3.8) is 0 Å². The molecule has 0 unspecified atom stereocenters. The first-order valence-electron chi connectivity index (χ1n) is 3.83. The number of alkyl halides is 1. The Bertz CT molecular complexity index is 408. The maximum absolute atomic E-state index is 13.4. The van der Waals surface area contributed by atoms with E-state index in [0.29, 0.717) is 0 Å². The first kappa shape index (κ1) is 12.6. The van der Waals surface area contributed by atoms with Crippen molar-refractivity contribution in [3.05, 3.63) is 33.3 Å². The van der Waals surface area contributed by atoms with Gasteiger partial charge in [0.1, 0.15) is 0 Å². The van der Waals surface area contributed by atoms with Crippen molar-refractivity contribution in [3.8, 4) is 0 Å². The highest BCUT2D eigenvalue weighted by atomic mass is 79.9. The van der Waals surface area contributed by atoms with Gasteiger partial charge in [0, 0.05) is 10.9 Å². The summed E-state index contributed by atoms with van der Waals surface area (Å²) in [4.78, 5) is 11.3. The van der Waals surface area contributed by atoms with Gasteiger partial charge >= 0.3 is 5.97 Å². The van der Waals surface area contributed by atoms with Crippen LogP contribution >= 0.6 is 31.9 Å². The molecule has 82 valence electrons. The second-order valence-corrected chi connectivity index (χ2v) is 4.05. The van der Waals surface area contributed by atoms with E-state index in [9.17, 15) is 13.6 Å². The van der Waals surface area contributed by atoms with Gasteiger partial charge in [0.2, 0.25) is 0 Å². The lowest BCUT2D eigenvalue weighted by Crippen LogP contribution is -2.08. The van der Waals surface area contributed by atoms with Gasteiger partial charge in [0.05, 0.1) is 17.1 Å². The first-order chi connectivity index (χ1) is 7.02. The van der Waals surface area contributed by atoms with E-state index in [0.717, 1.165) is 0 Å². The number of ether oxygens (including phenoxy) is 1. The Morgan fingerprint density at radius 1 is 1.47 bits per heavy atom. The van der Waals surface area contributed by atoms with Gasteiger partial charge in [-0.2, -0.15) is 0 Å². The SMILES string of the molecule is COC(=O)c1cc(Br)c(F)c(F)c1CBr. The molecule has 0 aliphatic carbocycles. The van der Waals surface area contributed by atoms with Gasteiger partial charge in [-0.1, -0.05) is 15.9 Å². The standard InChI is InChI=1S/C9H6Br2F2O2/c1-15-9(14)4-2-6(11)8(13)7(12)5(4)3-10/h2H,3H2,1H3. The third-order valence-electron chi connectivity index (χ3n) is 1.80. The zero-order valence-electron chi connectivity index (χ0n) is 7.61. The predicted molar refractivity (Wildman–Crippen MR) is 58.0 cm³/mol. The fourth-order valence-corrected chi connectivity index (χ4v) is 2.01. The van der Waals surface area contributed by atoms with Crippen molar-refractivity contribution in [1.29, 1.82) is 0 Å². The molecule has 0 bridgehead atoms. The molecule has 2 nitrogen and oxygen atoms in total. The van der Waals surface area contributed by atoms with Crippen molar-refractivity contribution < 1.29 is 18.3 Å². The van der Waals surface area contributed by atoms with Crippen LogP contribution in [-0.2, 0) is 10.1 Å². The molecule has 6 heteroatoms. The second kappa shape index (κ2) is 5.03. The molecular weight excluding hydrogens is 338 g/mol. The third kappa shape index (κ3) is 2.36. The second-order valence-electron chi connectivity index (χ2n) is 2.64. The smallest absolute Gasteiger partial charge is 0.338 e. The first-order valence-corrected chi connectivity index (χ1v) is 5.75. The van der Waals surface area contributed by atoms with Crippen molar-refractivity contribution in [2.45, 2.75) is 5.33 Å². The zero-order valence-corrected chi connectivity index (χ0v) is 10.8. The number of halogens is 4. The van der Waals surface area contributed by atoms with E-state index in [-0.39, 0.29) is 20.9 Å². The van der Waals surface area contributed by atoms with Crippen molar-refractivity contribution in [1.82, 2.24) is 0 Å². The summed E-state index contributed by atoms with van der Waals surface area (Å²) in [6, 6.07) is 1.20. The molecular formula is C9H6Br2F2O2. The van der Waals surface area contributed by atoms with Crippen LogP contribution in [0.3, 0.4) is 0 Å². The van der Waals surface area contributed by atoms with Gasteiger partial charge in [-0.05, 0) is 22.0 Å². The minimum Gasteiger partial charge on any atom is -0.465 e. The van der Waals surface area contributed by atoms with E-state index in [1.165, 1.54) is 13.2 Å². The minimum atomic E-state index is -1.05. The minimum absolute atomic E-state index is 0.000139. The van der Waals surface area contributed by atoms with Crippen LogP contribution in [-0.4, -0.2) is 13.1 Å². The third-order valence-corrected chi connectivity index (χ3v) is 2.94. The summed E-state index contributed by atoms with van der Waals surface area (Å²) < 4.78 is 30.9. The summed E-state index contributed by atoms with van der Waals surface area (Å²) in [5.41, 5.74) is -0.0531. The highest BCUT2D eigenvalue weighted by molar-refractivity contribution is 9.10. The van der Waals surface area contributed by atoms with E-state index in [2.05, 4.69) is 36.6 Å². The molecule has 0 aliphatic heterocycles. The monoisotopic (exact) mass is 342 g/mol. The summed E-state index contributed by atoms with van der Waals surface area (Å²) in [5, 5.41) is 0.0352. The molecule has 0 aliphatic rings. The van der Waals surface area contributed by atoms with E-state index >= 15 is 0 Å². The molecule has 0 atom stereocenters. The topological polar surface area (TPSA) is 26.3 Å². The Hall–Kier alpha value is -0.490. The lowest BCUT2D eigenvalue weighted by molar-refractivity contribution is 0.0599. The van der Waals surface area contributed by atoms with Crippen LogP contribution in [0.15, 0.2) is 10.5 Å². The molecule has 15 heavy (non-hydrogen) atoms. The van der Waals surface area contributed by atoms with Gasteiger partial charge in [-0.3, -0.25) is 0 Å². The van der Waals surface area contributed by atoms with Crippen LogP contribution in [0.5, 0.6) is 0 Å². The van der Waals surface area contributed by atoms with Gasteiger partial charge in [-0.25, -0.2) is 13.6 Å². The van der Waals surface area contributed by atoms with Crippen molar-refractivity contribution >= 4 is 37.8 Å². The summed E-state index contributed by atoms with van der Waals surface area (Å²) in [5.74, 6) is -2.78. The molecule has 0 radical (unpaired) electrons. The predicted octanol–water partition coefficient (Wildman–Crippen LogP) is 3.41. The number of carbonyl (C=O) groups excluding carboxylic acids is 1. The number of methoxy groups -OCH3 is 1. The van der Waals surface area contributed by atoms with E-state index < -0.39 is 17.6 Å². The van der Waals surface area contributed by atoms with Crippen LogP contribution < -0.4 is 0 Å². The molecule has 0 heterocycles. The molecule has 1 aromatic rings. The van der Waals surface area contributed by atoms with Crippen LogP contribution in [0.2, 0.25) is 0 Å². The number of benzene rings is 1. The van der Waals surface area contributed by atoms with Gasteiger partial charge < -0.3 is 4.74 Å². The Kier molecular flexibility index (Phi) is 4.21. The number of hydrogen-bond donors (Lipinski definition) is 0. The molecule has 0 fully saturated rings. The van der Waals surface area contributed by atoms with Gasteiger partial charge in [0.15, 0.2) is 11.6 Å². The normalized spacial score (nSPS) is 10.2. The quantitative estimate of drug-likeness (QED) is 0.467. The number of hydrogen-bond acceptors (Lipinski definition) is 2. The zero-order chi connectivity index (χ0) is 11.6. The largest absolute Gasteiger partial charge is 0.465 e. The molecule has 0 saturated carbocycles. The average molecular weight is 344 g/mol. The van der Waals surface area contributed by atoms with E-state index in [1.54, 1.807) is 0 Å². The lowest BCUT2D eigenvalue weighted by Gasteiger charge is -2.08. The van der Waals surface area contributed by atoms with Crippen LogP contribution in [0.4, 0.5) is 8.78 Å². The molecule has 1 aromatic carbocycles. The summed E-state index contributed by atoms with van der Waals surface area (Å²) in [6.07, 6.45) is 0. The van der Waals surface area contributed by atoms with Crippen molar-refractivity contribution in [2.24, 2.45) is 0 Å². The lowest BCUT2D eigenvalue weighted by atomic mass is 10.1. The number of rotatable bonds is 2. The highest BCUT2D eigenvalue weighted by Crippen LogP contribution is 2.27. The maximum atomic E-state index is 13.4. The van der Waals surface area contributed by atoms with Gasteiger partial charge in [0.25, 0.3) is 0 Å². The van der Waals surface area contributed by atoms with Crippen LogP contribution in [0.1, 0.15) is 15.9 Å². The van der Waals surface area contributed by atoms with Crippen LogP contribution in [0, 0.1) is 11.6 Å². The molecule has 0 saturated heterocycles. The molecule has 0 N–H and O–H groups in total. The average Bonchev–Trinajstić information content (AvgIpc) is 2.24. The summed E-state index contributed by atoms with van der Waals surface area (Å²) >= 11 is 5.81. The van der Waals surface area contributed by atoms with Gasteiger partial charge in [-0.15, -0.1) is 0 Å². The Labute approximate surface area is 102 Å². The Morgan fingerprint density at radius 2 is 2.07 bits per heavy atom. The van der Waals surface area contributed by atoms with Crippen molar-refractivity contribution in [2.75, 3.05) is 7.11 Å². The number of carbonyl (C=O) groups is 1. The highest BCUT2D eigenvalue weighted by Gasteiger charge is 2.21.